The summed E-state index contributed by atoms with van der Waals surface area (Å²) in [5.41, 5.74) is 1.92. The van der Waals surface area contributed by atoms with Gasteiger partial charge < -0.3 is 18.4 Å². The second-order valence-electron chi connectivity index (χ2n) is 8.52. The number of hydrogen-bond donors (Lipinski definition) is 0. The maximum Gasteiger partial charge on any atom is 0.294 e. The Balaban J connectivity index is 1.50. The third-order valence-corrected chi connectivity index (χ3v) is 8.27. The van der Waals surface area contributed by atoms with Crippen LogP contribution in [0.4, 0.5) is 0 Å². The van der Waals surface area contributed by atoms with E-state index in [-0.39, 0.29) is 10.8 Å². The molecule has 9 nitrogen and oxygen atoms in total. The van der Waals surface area contributed by atoms with Gasteiger partial charge in [-0.3, -0.25) is 0 Å². The van der Waals surface area contributed by atoms with E-state index < -0.39 is 10.0 Å². The van der Waals surface area contributed by atoms with Crippen LogP contribution in [-0.4, -0.2) is 50.2 Å². The molecule has 0 bridgehead atoms. The Labute approximate surface area is 203 Å². The first-order valence-electron chi connectivity index (χ1n) is 11.5. The van der Waals surface area contributed by atoms with E-state index in [0.29, 0.717) is 52.7 Å². The Bertz CT molecular complexity index is 1470. The average Bonchev–Trinajstić information content (AvgIpc) is 3.37. The van der Waals surface area contributed by atoms with Crippen LogP contribution in [0.15, 0.2) is 50.2 Å². The summed E-state index contributed by atoms with van der Waals surface area (Å²) in [7, 11) is -0.444. The van der Waals surface area contributed by atoms with E-state index in [9.17, 15) is 8.42 Å². The molecule has 1 saturated heterocycles. The Kier molecular flexibility index (Phi) is 6.24. The lowest BCUT2D eigenvalue weighted by atomic mass is 10.1. The van der Waals surface area contributed by atoms with Gasteiger partial charge in [0.1, 0.15) is 17.1 Å². The highest BCUT2D eigenvalue weighted by molar-refractivity contribution is 7.89. The van der Waals surface area contributed by atoms with Crippen LogP contribution < -0.4 is 9.47 Å². The fourth-order valence-corrected chi connectivity index (χ4v) is 5.95. The van der Waals surface area contributed by atoms with Crippen molar-refractivity contribution in [1.82, 2.24) is 14.4 Å². The molecule has 1 aliphatic rings. The van der Waals surface area contributed by atoms with Crippen LogP contribution in [0.1, 0.15) is 31.2 Å². The zero-order chi connectivity index (χ0) is 24.6. The molecule has 0 atom stereocenters. The zero-order valence-corrected chi connectivity index (χ0v) is 20.7. The lowest BCUT2D eigenvalue weighted by Crippen LogP contribution is -2.31. The van der Waals surface area contributed by atoms with Crippen molar-refractivity contribution in [2.24, 2.45) is 0 Å². The van der Waals surface area contributed by atoms with E-state index in [1.54, 1.807) is 54.9 Å². The number of aryl methyl sites for hydroxylation is 1. The zero-order valence-electron chi connectivity index (χ0n) is 19.9. The molecule has 2 aromatic carbocycles. The van der Waals surface area contributed by atoms with Gasteiger partial charge in [-0.1, -0.05) is 18.0 Å². The van der Waals surface area contributed by atoms with Crippen LogP contribution in [0.2, 0.25) is 0 Å². The Morgan fingerprint density at radius 3 is 2.46 bits per heavy atom. The Hall–Kier alpha value is -3.37. The summed E-state index contributed by atoms with van der Waals surface area (Å²) in [6, 6.07) is 10.3. The van der Waals surface area contributed by atoms with Crippen molar-refractivity contribution in [3.8, 4) is 34.5 Å². The van der Waals surface area contributed by atoms with Crippen LogP contribution in [0.25, 0.3) is 34.0 Å². The first-order chi connectivity index (χ1) is 16.9. The summed E-state index contributed by atoms with van der Waals surface area (Å²) in [6.45, 7) is 2.95. The summed E-state index contributed by atoms with van der Waals surface area (Å²) in [5, 5.41) is 4.79. The molecule has 4 aromatic rings. The van der Waals surface area contributed by atoms with E-state index in [0.717, 1.165) is 31.2 Å². The number of furan rings is 1. The minimum absolute atomic E-state index is 0.198. The Morgan fingerprint density at radius 2 is 1.74 bits per heavy atom. The first-order valence-corrected chi connectivity index (χ1v) is 13.0. The summed E-state index contributed by atoms with van der Waals surface area (Å²) in [6.07, 6.45) is 3.89. The molecular formula is C25H27N3O6S. The molecular weight excluding hydrogens is 470 g/mol. The molecule has 3 heterocycles. The molecule has 2 aromatic heterocycles. The van der Waals surface area contributed by atoms with Crippen molar-refractivity contribution >= 4 is 21.0 Å². The maximum absolute atomic E-state index is 13.3. The molecule has 0 amide bonds. The van der Waals surface area contributed by atoms with E-state index >= 15 is 0 Å². The van der Waals surface area contributed by atoms with Crippen molar-refractivity contribution in [3.63, 3.8) is 0 Å². The van der Waals surface area contributed by atoms with Crippen molar-refractivity contribution in [3.05, 3.63) is 42.0 Å². The number of rotatable bonds is 6. The van der Waals surface area contributed by atoms with E-state index in [1.165, 1.54) is 0 Å². The van der Waals surface area contributed by atoms with Crippen molar-refractivity contribution in [2.75, 3.05) is 27.3 Å². The molecule has 5 rings (SSSR count). The quantitative estimate of drug-likeness (QED) is 0.365. The largest absolute Gasteiger partial charge is 0.497 e. The van der Waals surface area contributed by atoms with Gasteiger partial charge in [-0.2, -0.15) is 9.29 Å². The van der Waals surface area contributed by atoms with Gasteiger partial charge in [0.2, 0.25) is 15.8 Å². The molecule has 1 aliphatic heterocycles. The van der Waals surface area contributed by atoms with Gasteiger partial charge in [-0.25, -0.2) is 8.42 Å². The first kappa shape index (κ1) is 23.4. The summed E-state index contributed by atoms with van der Waals surface area (Å²) in [4.78, 5) is 4.77. The molecule has 0 saturated carbocycles. The van der Waals surface area contributed by atoms with Gasteiger partial charge in [0.15, 0.2) is 5.76 Å². The van der Waals surface area contributed by atoms with Crippen LogP contribution in [0, 0.1) is 6.92 Å². The highest BCUT2D eigenvalue weighted by Crippen LogP contribution is 2.37. The number of sulfonamides is 1. The lowest BCUT2D eigenvalue weighted by Gasteiger charge is -2.19. The molecule has 184 valence electrons. The van der Waals surface area contributed by atoms with Gasteiger partial charge in [-0.05, 0) is 50.1 Å². The highest BCUT2D eigenvalue weighted by atomic mass is 32.2. The standard InChI is InChI=1S/C25H27N3O6S/c1-16-20-15-18(35(29,30)28-12-6-4-5-7-13-28)9-11-21(20)33-23(16)25-26-24(27-34-25)19-10-8-17(31-2)14-22(19)32-3/h8-11,14-15H,4-7,12-13H2,1-3H3. The highest BCUT2D eigenvalue weighted by Gasteiger charge is 2.27. The normalized spacial score (nSPS) is 15.3. The molecule has 10 heteroatoms. The molecule has 0 unspecified atom stereocenters. The smallest absolute Gasteiger partial charge is 0.294 e. The number of fused-ring (bicyclic) bond motifs is 1. The average molecular weight is 498 g/mol. The van der Waals surface area contributed by atoms with E-state index in [1.807, 2.05) is 6.92 Å². The third kappa shape index (κ3) is 4.28. The van der Waals surface area contributed by atoms with Crippen LogP contribution in [0.5, 0.6) is 11.5 Å². The van der Waals surface area contributed by atoms with Gasteiger partial charge in [0, 0.05) is 30.1 Å². The molecule has 35 heavy (non-hydrogen) atoms. The summed E-state index contributed by atoms with van der Waals surface area (Å²) in [5.74, 6) is 2.12. The summed E-state index contributed by atoms with van der Waals surface area (Å²) < 4.78 is 50.3. The minimum atomic E-state index is -3.58. The van der Waals surface area contributed by atoms with Crippen LogP contribution in [-0.2, 0) is 10.0 Å². The fourth-order valence-electron chi connectivity index (χ4n) is 4.40. The van der Waals surface area contributed by atoms with Gasteiger partial charge in [0.25, 0.3) is 5.89 Å². The summed E-state index contributed by atoms with van der Waals surface area (Å²) >= 11 is 0. The predicted octanol–water partition coefficient (Wildman–Crippen LogP) is 5.04. The lowest BCUT2D eigenvalue weighted by molar-refractivity contribution is 0.394. The van der Waals surface area contributed by atoms with E-state index in [4.69, 9.17) is 18.4 Å². The van der Waals surface area contributed by atoms with Gasteiger partial charge in [0.05, 0.1) is 24.7 Å². The Morgan fingerprint density at radius 1 is 0.971 bits per heavy atom. The van der Waals surface area contributed by atoms with Crippen LogP contribution in [0.3, 0.4) is 0 Å². The van der Waals surface area contributed by atoms with Crippen molar-refractivity contribution < 1.29 is 26.8 Å². The maximum atomic E-state index is 13.3. The SMILES string of the molecule is COc1ccc(-c2noc(-c3oc4ccc(S(=O)(=O)N5CCCCCC5)cc4c3C)n2)c(OC)c1. The number of hydrogen-bond acceptors (Lipinski definition) is 8. The molecule has 0 spiro atoms. The number of benzene rings is 2. The molecule has 0 aliphatic carbocycles. The topological polar surface area (TPSA) is 108 Å². The number of methoxy groups -OCH3 is 2. The fraction of sp³-hybridized carbons (Fsp3) is 0.360. The number of ether oxygens (including phenoxy) is 2. The van der Waals surface area contributed by atoms with Gasteiger partial charge >= 0.3 is 0 Å². The monoisotopic (exact) mass is 497 g/mol. The second-order valence-corrected chi connectivity index (χ2v) is 10.5. The predicted molar refractivity (Wildman–Crippen MR) is 130 cm³/mol. The molecule has 0 N–H and O–H groups in total. The molecule has 0 radical (unpaired) electrons. The number of nitrogens with zero attached hydrogens (tertiary/aromatic N) is 3. The third-order valence-electron chi connectivity index (χ3n) is 6.38. The molecule has 1 fully saturated rings. The van der Waals surface area contributed by atoms with Crippen LogP contribution >= 0.6 is 0 Å². The van der Waals surface area contributed by atoms with Gasteiger partial charge in [-0.15, -0.1) is 0 Å². The minimum Gasteiger partial charge on any atom is -0.497 e. The van der Waals surface area contributed by atoms with E-state index in [2.05, 4.69) is 10.1 Å². The van der Waals surface area contributed by atoms with Crippen molar-refractivity contribution in [2.45, 2.75) is 37.5 Å². The number of aromatic nitrogens is 2. The second kappa shape index (κ2) is 9.35. The van der Waals surface area contributed by atoms with Crippen molar-refractivity contribution in [1.29, 1.82) is 0 Å².